The molecule has 1 aromatic heterocycles. The van der Waals surface area contributed by atoms with Crippen molar-refractivity contribution in [3.05, 3.63) is 51.9 Å². The minimum Gasteiger partial charge on any atom is -0.462 e. The van der Waals surface area contributed by atoms with Crippen molar-refractivity contribution in [3.8, 4) is 0 Å². The van der Waals surface area contributed by atoms with Crippen LogP contribution in [-0.4, -0.2) is 25.0 Å². The Balaban J connectivity index is 2.01. The van der Waals surface area contributed by atoms with Gasteiger partial charge in [-0.05, 0) is 33.3 Å². The molecule has 0 radical (unpaired) electrons. The van der Waals surface area contributed by atoms with Gasteiger partial charge < -0.3 is 15.4 Å². The molecule has 1 atom stereocenters. The van der Waals surface area contributed by atoms with Crippen molar-refractivity contribution >= 4 is 28.2 Å². The molecule has 134 valence electrons. The van der Waals surface area contributed by atoms with Crippen LogP contribution >= 0.6 is 11.3 Å². The number of esters is 1. The van der Waals surface area contributed by atoms with Gasteiger partial charge in [0.2, 0.25) is 0 Å². The van der Waals surface area contributed by atoms with E-state index in [4.69, 9.17) is 4.74 Å². The number of anilines is 1. The van der Waals surface area contributed by atoms with Gasteiger partial charge in [0.25, 0.3) is 5.91 Å². The van der Waals surface area contributed by atoms with E-state index in [1.807, 2.05) is 49.5 Å². The summed E-state index contributed by atoms with van der Waals surface area (Å²) < 4.78 is 5.11. The number of hydrogen-bond acceptors (Lipinski definition) is 4. The lowest BCUT2D eigenvalue weighted by Gasteiger charge is -2.11. The topological polar surface area (TPSA) is 72.0 Å². The Bertz CT molecular complexity index is 741. The number of carbonyl (C=O) groups is 2. The van der Waals surface area contributed by atoms with Crippen LogP contribution in [0.25, 0.3) is 0 Å². The van der Waals surface area contributed by atoms with Crippen molar-refractivity contribution < 1.29 is 19.6 Å². The second kappa shape index (κ2) is 8.78. The molecule has 3 N–H and O–H groups in total. The first-order valence-corrected chi connectivity index (χ1v) is 9.20. The van der Waals surface area contributed by atoms with Crippen LogP contribution in [-0.2, 0) is 9.53 Å². The summed E-state index contributed by atoms with van der Waals surface area (Å²) in [5.74, 6) is -0.518. The van der Waals surface area contributed by atoms with Crippen molar-refractivity contribution in [2.24, 2.45) is 0 Å². The zero-order chi connectivity index (χ0) is 18.4. The van der Waals surface area contributed by atoms with E-state index in [-0.39, 0.29) is 24.5 Å². The minimum absolute atomic E-state index is 0.130. The number of aryl methyl sites for hydroxylation is 1. The number of nitrogens with one attached hydrogen (secondary N) is 1. The van der Waals surface area contributed by atoms with Crippen LogP contribution in [0.15, 0.2) is 30.3 Å². The molecule has 0 fully saturated rings. The quantitative estimate of drug-likeness (QED) is 0.745. The van der Waals surface area contributed by atoms with Crippen LogP contribution < -0.4 is 10.6 Å². The number of nitrogens with two attached hydrogens (primary N) is 1. The van der Waals surface area contributed by atoms with Gasteiger partial charge in [-0.15, -0.1) is 11.3 Å². The van der Waals surface area contributed by atoms with Crippen LogP contribution in [0.1, 0.15) is 46.3 Å². The second-order valence-corrected chi connectivity index (χ2v) is 7.12. The molecular formula is C19H25N2O3S+. The van der Waals surface area contributed by atoms with Crippen molar-refractivity contribution in [3.63, 3.8) is 0 Å². The Kier molecular flexibility index (Phi) is 6.73. The highest BCUT2D eigenvalue weighted by atomic mass is 32.1. The number of benzene rings is 1. The molecule has 0 spiro atoms. The Hall–Kier alpha value is -2.18. The molecule has 0 saturated carbocycles. The number of hydrogen-bond donors (Lipinski definition) is 2. The Morgan fingerprint density at radius 2 is 1.92 bits per heavy atom. The van der Waals surface area contributed by atoms with Gasteiger partial charge in [-0.1, -0.05) is 30.3 Å². The number of ether oxygens (including phenoxy) is 1. The van der Waals surface area contributed by atoms with E-state index < -0.39 is 0 Å². The molecule has 1 amide bonds. The predicted molar refractivity (Wildman–Crippen MR) is 100 cm³/mol. The SMILES string of the molecule is CCOC(=O)c1c(NC(=O)C[NH2+][C@@H](C)c2ccccc2)sc(C)c1C. The standard InChI is InChI=1S/C19H24N2O3S/c1-5-24-19(23)17-12(2)14(4)25-18(17)21-16(22)11-20-13(3)15-9-7-6-8-10-15/h6-10,13,20H,5,11H2,1-4H3,(H,21,22)/p+1/t13-/m0/s1. The first-order chi connectivity index (χ1) is 11.9. The molecule has 0 bridgehead atoms. The van der Waals surface area contributed by atoms with E-state index in [2.05, 4.69) is 12.2 Å². The summed E-state index contributed by atoms with van der Waals surface area (Å²) in [6.07, 6.45) is 0. The largest absolute Gasteiger partial charge is 0.462 e. The van der Waals surface area contributed by atoms with Gasteiger partial charge in [-0.2, -0.15) is 0 Å². The summed E-state index contributed by atoms with van der Waals surface area (Å²) in [6, 6.07) is 10.2. The molecule has 5 nitrogen and oxygen atoms in total. The van der Waals surface area contributed by atoms with Crippen LogP contribution in [0, 0.1) is 13.8 Å². The van der Waals surface area contributed by atoms with E-state index >= 15 is 0 Å². The molecule has 1 aromatic carbocycles. The number of quaternary nitrogens is 1. The number of carbonyl (C=O) groups excluding carboxylic acids is 2. The Labute approximate surface area is 152 Å². The fourth-order valence-electron chi connectivity index (χ4n) is 2.52. The van der Waals surface area contributed by atoms with E-state index in [0.717, 1.165) is 10.4 Å². The van der Waals surface area contributed by atoms with Crippen LogP contribution in [0.2, 0.25) is 0 Å². The zero-order valence-corrected chi connectivity index (χ0v) is 15.9. The fourth-order valence-corrected chi connectivity index (χ4v) is 3.58. The molecule has 0 saturated heterocycles. The van der Waals surface area contributed by atoms with Gasteiger partial charge in [0.05, 0.1) is 12.2 Å². The van der Waals surface area contributed by atoms with Gasteiger partial charge in [-0.3, -0.25) is 4.79 Å². The smallest absolute Gasteiger partial charge is 0.341 e. The van der Waals surface area contributed by atoms with Crippen molar-refractivity contribution in [2.75, 3.05) is 18.5 Å². The van der Waals surface area contributed by atoms with Crippen LogP contribution in [0.4, 0.5) is 5.00 Å². The summed E-state index contributed by atoms with van der Waals surface area (Å²) in [7, 11) is 0. The maximum absolute atomic E-state index is 12.3. The van der Waals surface area contributed by atoms with E-state index in [1.54, 1.807) is 6.92 Å². The van der Waals surface area contributed by atoms with Crippen molar-refractivity contribution in [1.82, 2.24) is 0 Å². The van der Waals surface area contributed by atoms with Crippen LogP contribution in [0.5, 0.6) is 0 Å². The molecule has 6 heteroatoms. The first-order valence-electron chi connectivity index (χ1n) is 8.39. The van der Waals surface area contributed by atoms with Gasteiger partial charge in [0.15, 0.2) is 6.54 Å². The molecule has 1 heterocycles. The summed E-state index contributed by atoms with van der Waals surface area (Å²) in [5, 5.41) is 5.41. The maximum Gasteiger partial charge on any atom is 0.341 e. The lowest BCUT2D eigenvalue weighted by atomic mass is 10.1. The molecular weight excluding hydrogens is 336 g/mol. The average molecular weight is 361 g/mol. The van der Waals surface area contributed by atoms with Crippen molar-refractivity contribution in [1.29, 1.82) is 0 Å². The molecule has 0 unspecified atom stereocenters. The molecule has 0 aliphatic rings. The maximum atomic E-state index is 12.3. The number of rotatable bonds is 7. The number of amides is 1. The van der Waals surface area contributed by atoms with Gasteiger partial charge in [0, 0.05) is 10.4 Å². The number of thiophene rings is 1. The van der Waals surface area contributed by atoms with Crippen molar-refractivity contribution in [2.45, 2.75) is 33.7 Å². The van der Waals surface area contributed by atoms with Crippen LogP contribution in [0.3, 0.4) is 0 Å². The van der Waals surface area contributed by atoms with E-state index in [9.17, 15) is 9.59 Å². The third-order valence-corrected chi connectivity index (χ3v) is 5.22. The summed E-state index contributed by atoms with van der Waals surface area (Å²) >= 11 is 1.41. The summed E-state index contributed by atoms with van der Waals surface area (Å²) in [4.78, 5) is 25.5. The van der Waals surface area contributed by atoms with Gasteiger partial charge in [0.1, 0.15) is 11.0 Å². The highest BCUT2D eigenvalue weighted by Crippen LogP contribution is 2.32. The molecule has 2 aromatic rings. The third kappa shape index (κ3) is 4.90. The lowest BCUT2D eigenvalue weighted by Crippen LogP contribution is -2.86. The predicted octanol–water partition coefficient (Wildman–Crippen LogP) is 2.80. The van der Waals surface area contributed by atoms with Gasteiger partial charge >= 0.3 is 5.97 Å². The summed E-state index contributed by atoms with van der Waals surface area (Å²) in [6.45, 7) is 8.23. The molecule has 2 rings (SSSR count). The first kappa shape index (κ1) is 19.1. The Morgan fingerprint density at radius 1 is 1.24 bits per heavy atom. The highest BCUT2D eigenvalue weighted by Gasteiger charge is 2.22. The van der Waals surface area contributed by atoms with E-state index in [1.165, 1.54) is 16.9 Å². The van der Waals surface area contributed by atoms with E-state index in [0.29, 0.717) is 17.2 Å². The molecule has 0 aliphatic carbocycles. The molecule has 0 aliphatic heterocycles. The second-order valence-electron chi connectivity index (χ2n) is 5.90. The zero-order valence-electron chi connectivity index (χ0n) is 15.1. The lowest BCUT2D eigenvalue weighted by molar-refractivity contribution is -0.682. The Morgan fingerprint density at radius 3 is 2.56 bits per heavy atom. The average Bonchev–Trinajstić information content (AvgIpc) is 2.87. The fraction of sp³-hybridized carbons (Fsp3) is 0.368. The highest BCUT2D eigenvalue weighted by molar-refractivity contribution is 7.16. The van der Waals surface area contributed by atoms with Gasteiger partial charge in [-0.25, -0.2) is 4.79 Å². The normalized spacial score (nSPS) is 11.8. The third-order valence-electron chi connectivity index (χ3n) is 4.10. The molecule has 25 heavy (non-hydrogen) atoms. The summed E-state index contributed by atoms with van der Waals surface area (Å²) in [5.41, 5.74) is 2.50. The monoisotopic (exact) mass is 361 g/mol. The minimum atomic E-state index is -0.388.